The molecule has 0 aliphatic heterocycles. The molecule has 130 valence electrons. The van der Waals surface area contributed by atoms with Crippen molar-refractivity contribution in [3.63, 3.8) is 0 Å². The van der Waals surface area contributed by atoms with E-state index in [2.05, 4.69) is 5.32 Å². The highest BCUT2D eigenvalue weighted by Crippen LogP contribution is 2.22. The summed E-state index contributed by atoms with van der Waals surface area (Å²) in [6, 6.07) is 5.92. The summed E-state index contributed by atoms with van der Waals surface area (Å²) >= 11 is 5.86. The molecule has 1 rings (SSSR count). The summed E-state index contributed by atoms with van der Waals surface area (Å²) in [5.41, 5.74) is 6.61. The van der Waals surface area contributed by atoms with E-state index in [9.17, 15) is 13.2 Å². The van der Waals surface area contributed by atoms with Gasteiger partial charge in [-0.15, -0.1) is 0 Å². The van der Waals surface area contributed by atoms with E-state index in [1.165, 1.54) is 0 Å². The molecule has 6 nitrogen and oxygen atoms in total. The van der Waals surface area contributed by atoms with Gasteiger partial charge in [0.1, 0.15) is 15.9 Å². The van der Waals surface area contributed by atoms with E-state index in [0.29, 0.717) is 5.02 Å². The van der Waals surface area contributed by atoms with Gasteiger partial charge in [0.25, 0.3) is 0 Å². The number of benzene rings is 1. The molecule has 0 aromatic heterocycles. The summed E-state index contributed by atoms with van der Waals surface area (Å²) in [6.07, 6.45) is 0.830. The summed E-state index contributed by atoms with van der Waals surface area (Å²) in [4.78, 5) is 12.1. The Kier molecular flexibility index (Phi) is 7.47. The molecule has 3 N–H and O–H groups in total. The monoisotopic (exact) mass is 362 g/mol. The molecule has 0 bridgehead atoms. The summed E-state index contributed by atoms with van der Waals surface area (Å²) < 4.78 is 27.7. The highest BCUT2D eigenvalue weighted by molar-refractivity contribution is 7.90. The summed E-state index contributed by atoms with van der Waals surface area (Å²) in [7, 11) is -1.60. The van der Waals surface area contributed by atoms with Gasteiger partial charge in [-0.3, -0.25) is 4.79 Å². The van der Waals surface area contributed by atoms with Gasteiger partial charge in [-0.1, -0.05) is 23.7 Å². The van der Waals surface area contributed by atoms with Crippen molar-refractivity contribution in [2.24, 2.45) is 5.73 Å². The number of hydrogen-bond acceptors (Lipinski definition) is 5. The standard InChI is InChI=1S/C15H23ClN2O4S/c1-10(14(22-2)11-4-6-12(16)7-5-11)18-15(19)13(17)8-9-23(3,20)21/h4-7,10,13-14H,8-9,17H2,1-3H3,(H,18,19). The second-order valence-corrected chi connectivity index (χ2v) is 8.23. The number of halogens is 1. The predicted molar refractivity (Wildman–Crippen MR) is 91.1 cm³/mol. The molecule has 0 radical (unpaired) electrons. The Morgan fingerprint density at radius 1 is 1.35 bits per heavy atom. The number of carbonyl (C=O) groups is 1. The first-order valence-corrected chi connectivity index (χ1v) is 9.60. The number of amides is 1. The maximum absolute atomic E-state index is 12.1. The predicted octanol–water partition coefficient (Wildman–Crippen LogP) is 1.29. The molecule has 0 spiro atoms. The number of sulfone groups is 1. The second kappa shape index (κ2) is 8.63. The largest absolute Gasteiger partial charge is 0.375 e. The van der Waals surface area contributed by atoms with Crippen molar-refractivity contribution >= 4 is 27.3 Å². The second-order valence-electron chi connectivity index (χ2n) is 5.53. The summed E-state index contributed by atoms with van der Waals surface area (Å²) in [5.74, 6) is -0.530. The average molecular weight is 363 g/mol. The fourth-order valence-electron chi connectivity index (χ4n) is 2.16. The third kappa shape index (κ3) is 6.87. The molecule has 3 unspecified atom stereocenters. The number of methoxy groups -OCH3 is 1. The van der Waals surface area contributed by atoms with Crippen molar-refractivity contribution < 1.29 is 17.9 Å². The van der Waals surface area contributed by atoms with Gasteiger partial charge in [0.05, 0.1) is 17.8 Å². The van der Waals surface area contributed by atoms with Crippen LogP contribution in [0.15, 0.2) is 24.3 Å². The van der Waals surface area contributed by atoms with Gasteiger partial charge in [0, 0.05) is 18.4 Å². The van der Waals surface area contributed by atoms with Crippen LogP contribution in [0.4, 0.5) is 0 Å². The van der Waals surface area contributed by atoms with Crippen LogP contribution >= 0.6 is 11.6 Å². The lowest BCUT2D eigenvalue weighted by Crippen LogP contribution is -2.47. The van der Waals surface area contributed by atoms with Gasteiger partial charge in [0.15, 0.2) is 0 Å². The first-order chi connectivity index (χ1) is 10.6. The van der Waals surface area contributed by atoms with Crippen LogP contribution in [0, 0.1) is 0 Å². The minimum Gasteiger partial charge on any atom is -0.375 e. The van der Waals surface area contributed by atoms with E-state index in [1.807, 2.05) is 12.1 Å². The van der Waals surface area contributed by atoms with Gasteiger partial charge in [-0.2, -0.15) is 0 Å². The molecule has 1 aromatic rings. The lowest BCUT2D eigenvalue weighted by Gasteiger charge is -2.25. The first kappa shape index (κ1) is 19.9. The van der Waals surface area contributed by atoms with Crippen molar-refractivity contribution in [3.05, 3.63) is 34.9 Å². The topological polar surface area (TPSA) is 98.5 Å². The third-order valence-electron chi connectivity index (χ3n) is 3.41. The van der Waals surface area contributed by atoms with Crippen molar-refractivity contribution in [2.45, 2.75) is 31.5 Å². The molecule has 8 heteroatoms. The maximum atomic E-state index is 12.1. The normalized spacial score (nSPS) is 15.7. The molecule has 0 heterocycles. The van der Waals surface area contributed by atoms with Crippen LogP contribution in [-0.4, -0.2) is 45.5 Å². The van der Waals surface area contributed by atoms with Crippen LogP contribution in [0.3, 0.4) is 0 Å². The zero-order chi connectivity index (χ0) is 17.6. The molecule has 1 amide bonds. The molecule has 0 saturated carbocycles. The van der Waals surface area contributed by atoms with Crippen LogP contribution in [0.1, 0.15) is 25.0 Å². The summed E-state index contributed by atoms with van der Waals surface area (Å²) in [6.45, 7) is 1.80. The van der Waals surface area contributed by atoms with Crippen molar-refractivity contribution in [2.75, 3.05) is 19.1 Å². The Bertz CT molecular complexity index is 619. The van der Waals surface area contributed by atoms with E-state index < -0.39 is 21.8 Å². The molecule has 0 saturated heterocycles. The van der Waals surface area contributed by atoms with E-state index >= 15 is 0 Å². The van der Waals surface area contributed by atoms with Crippen molar-refractivity contribution in [3.8, 4) is 0 Å². The van der Waals surface area contributed by atoms with E-state index in [-0.39, 0.29) is 24.3 Å². The Labute approximate surface area is 142 Å². The van der Waals surface area contributed by atoms with Gasteiger partial charge in [0.2, 0.25) is 5.91 Å². The van der Waals surface area contributed by atoms with Crippen LogP contribution in [0.25, 0.3) is 0 Å². The Balaban J connectivity index is 2.66. The average Bonchev–Trinajstić information content (AvgIpc) is 2.46. The highest BCUT2D eigenvalue weighted by atomic mass is 35.5. The van der Waals surface area contributed by atoms with E-state index in [1.54, 1.807) is 26.2 Å². The number of hydrogen-bond donors (Lipinski definition) is 2. The maximum Gasteiger partial charge on any atom is 0.237 e. The fraction of sp³-hybridized carbons (Fsp3) is 0.533. The quantitative estimate of drug-likeness (QED) is 0.726. The molecule has 3 atom stereocenters. The molecule has 23 heavy (non-hydrogen) atoms. The Morgan fingerprint density at radius 3 is 2.39 bits per heavy atom. The number of ether oxygens (including phenoxy) is 1. The number of nitrogens with two attached hydrogens (primary N) is 1. The lowest BCUT2D eigenvalue weighted by molar-refractivity contribution is -0.124. The first-order valence-electron chi connectivity index (χ1n) is 7.16. The van der Waals surface area contributed by atoms with Crippen LogP contribution in [0.5, 0.6) is 0 Å². The fourth-order valence-corrected chi connectivity index (χ4v) is 2.97. The minimum absolute atomic E-state index is 0.0793. The van der Waals surface area contributed by atoms with E-state index in [4.69, 9.17) is 22.1 Å². The summed E-state index contributed by atoms with van der Waals surface area (Å²) in [5, 5.41) is 3.38. The van der Waals surface area contributed by atoms with Crippen LogP contribution in [-0.2, 0) is 19.4 Å². The van der Waals surface area contributed by atoms with E-state index in [0.717, 1.165) is 11.8 Å². The van der Waals surface area contributed by atoms with Gasteiger partial charge < -0.3 is 15.8 Å². The number of carbonyl (C=O) groups excluding carboxylic acids is 1. The van der Waals surface area contributed by atoms with Gasteiger partial charge in [-0.25, -0.2) is 8.42 Å². The number of rotatable bonds is 8. The lowest BCUT2D eigenvalue weighted by atomic mass is 10.0. The Hall–Kier alpha value is -1.15. The highest BCUT2D eigenvalue weighted by Gasteiger charge is 2.23. The molecule has 0 aliphatic rings. The Morgan fingerprint density at radius 2 is 1.91 bits per heavy atom. The zero-order valence-electron chi connectivity index (χ0n) is 13.5. The zero-order valence-corrected chi connectivity index (χ0v) is 15.0. The SMILES string of the molecule is COC(c1ccc(Cl)cc1)C(C)NC(=O)C(N)CCS(C)(=O)=O. The van der Waals surface area contributed by atoms with Gasteiger partial charge in [-0.05, 0) is 31.0 Å². The minimum atomic E-state index is -3.15. The molecular weight excluding hydrogens is 340 g/mol. The number of nitrogens with one attached hydrogen (secondary N) is 1. The molecule has 0 aliphatic carbocycles. The molecule has 1 aromatic carbocycles. The molecule has 0 fully saturated rings. The van der Waals surface area contributed by atoms with Crippen LogP contribution in [0.2, 0.25) is 5.02 Å². The van der Waals surface area contributed by atoms with Crippen LogP contribution < -0.4 is 11.1 Å². The van der Waals surface area contributed by atoms with Crippen molar-refractivity contribution in [1.82, 2.24) is 5.32 Å². The van der Waals surface area contributed by atoms with Crippen molar-refractivity contribution in [1.29, 1.82) is 0 Å². The van der Waals surface area contributed by atoms with Gasteiger partial charge >= 0.3 is 0 Å². The smallest absolute Gasteiger partial charge is 0.237 e. The third-order valence-corrected chi connectivity index (χ3v) is 4.64. The molecular formula is C15H23ClN2O4S.